The molecule has 4 N–H and O–H groups in total. The fourth-order valence-corrected chi connectivity index (χ4v) is 0.859. The molecule has 0 atom stereocenters. The maximum atomic E-state index is 11.3. The van der Waals surface area contributed by atoms with E-state index in [-0.39, 0.29) is 11.6 Å². The second-order valence-electron chi connectivity index (χ2n) is 2.70. The highest BCUT2D eigenvalue weighted by molar-refractivity contribution is 5.92. The molecule has 1 amide bonds. The van der Waals surface area contributed by atoms with Crippen LogP contribution in [0.2, 0.25) is 0 Å². The monoisotopic (exact) mass is 195 g/mol. The van der Waals surface area contributed by atoms with Gasteiger partial charge in [0.05, 0.1) is 0 Å². The van der Waals surface area contributed by atoms with Crippen molar-refractivity contribution in [1.82, 2.24) is 15.5 Å². The van der Waals surface area contributed by atoms with E-state index in [0.29, 0.717) is 12.4 Å². The normalized spacial score (nSPS) is 9.57. The van der Waals surface area contributed by atoms with Gasteiger partial charge in [0.25, 0.3) is 5.91 Å². The minimum absolute atomic E-state index is 0.220. The molecule has 1 aromatic rings. The van der Waals surface area contributed by atoms with Gasteiger partial charge < -0.3 is 10.7 Å². The van der Waals surface area contributed by atoms with Crippen LogP contribution >= 0.6 is 0 Å². The van der Waals surface area contributed by atoms with E-state index in [1.54, 1.807) is 12.1 Å². The number of nitrogens with two attached hydrogens (primary N) is 1. The third-order valence-corrected chi connectivity index (χ3v) is 1.58. The number of nitrogens with one attached hydrogen (secondary N) is 2. The molecule has 0 saturated carbocycles. The number of nitrogens with zero attached hydrogens (tertiary/aromatic N) is 2. The van der Waals surface area contributed by atoms with Crippen molar-refractivity contribution in [3.05, 3.63) is 17.8 Å². The molecule has 0 aliphatic carbocycles. The Morgan fingerprint density at radius 1 is 1.50 bits per heavy atom. The van der Waals surface area contributed by atoms with Crippen molar-refractivity contribution in [2.45, 2.75) is 13.3 Å². The molecule has 1 aromatic heterocycles. The fraction of sp³-hybridized carbons (Fsp3) is 0.375. The zero-order valence-corrected chi connectivity index (χ0v) is 7.95. The summed E-state index contributed by atoms with van der Waals surface area (Å²) in [6, 6.07) is 3.15. The van der Waals surface area contributed by atoms with Gasteiger partial charge in [-0.15, -0.1) is 10.2 Å². The minimum atomic E-state index is -0.220. The first-order valence-electron chi connectivity index (χ1n) is 4.36. The summed E-state index contributed by atoms with van der Waals surface area (Å²) < 4.78 is 0. The summed E-state index contributed by atoms with van der Waals surface area (Å²) >= 11 is 0. The van der Waals surface area contributed by atoms with Crippen LogP contribution < -0.4 is 16.6 Å². The molecular weight excluding hydrogens is 182 g/mol. The van der Waals surface area contributed by atoms with E-state index in [1.807, 2.05) is 6.92 Å². The lowest BCUT2D eigenvalue weighted by molar-refractivity contribution is 0.0947. The Morgan fingerprint density at radius 2 is 2.29 bits per heavy atom. The number of hydrazine groups is 1. The van der Waals surface area contributed by atoms with Crippen LogP contribution in [-0.4, -0.2) is 22.6 Å². The maximum absolute atomic E-state index is 11.3. The molecule has 0 aromatic carbocycles. The fourth-order valence-electron chi connectivity index (χ4n) is 0.859. The molecule has 0 fully saturated rings. The number of hydrogen-bond acceptors (Lipinski definition) is 5. The average molecular weight is 195 g/mol. The number of amides is 1. The predicted octanol–water partition coefficient (Wildman–Crippen LogP) is -0.0980. The Hall–Kier alpha value is -1.69. The van der Waals surface area contributed by atoms with Crippen LogP contribution in [0.15, 0.2) is 12.1 Å². The van der Waals surface area contributed by atoms with Gasteiger partial charge in [0.15, 0.2) is 11.5 Å². The van der Waals surface area contributed by atoms with Crippen LogP contribution in [0.5, 0.6) is 0 Å². The highest BCUT2D eigenvalue weighted by atomic mass is 16.1. The molecule has 76 valence electrons. The Labute approximate surface area is 81.9 Å². The zero-order valence-electron chi connectivity index (χ0n) is 7.95. The quantitative estimate of drug-likeness (QED) is 0.461. The molecule has 0 aliphatic rings. The van der Waals surface area contributed by atoms with Crippen LogP contribution in [0.1, 0.15) is 23.8 Å². The first-order chi connectivity index (χ1) is 6.77. The number of carbonyl (C=O) groups is 1. The number of aromatic nitrogens is 2. The molecule has 6 nitrogen and oxygen atoms in total. The first-order valence-corrected chi connectivity index (χ1v) is 4.36. The molecule has 1 rings (SSSR count). The standard InChI is InChI=1S/C8H13N5O/c1-2-5-10-8(14)6-3-4-7(11-9)13-12-6/h3-4H,2,5,9H2,1H3,(H,10,14)(H,11,13). The van der Waals surface area contributed by atoms with Crippen molar-refractivity contribution in [3.8, 4) is 0 Å². The van der Waals surface area contributed by atoms with Gasteiger partial charge in [0.1, 0.15) is 0 Å². The van der Waals surface area contributed by atoms with Crippen molar-refractivity contribution < 1.29 is 4.79 Å². The zero-order chi connectivity index (χ0) is 10.4. The second-order valence-corrected chi connectivity index (χ2v) is 2.70. The lowest BCUT2D eigenvalue weighted by atomic mass is 10.3. The van der Waals surface area contributed by atoms with Gasteiger partial charge in [0, 0.05) is 6.54 Å². The SMILES string of the molecule is CCCNC(=O)c1ccc(NN)nn1. The Morgan fingerprint density at radius 3 is 2.79 bits per heavy atom. The molecule has 0 aliphatic heterocycles. The minimum Gasteiger partial charge on any atom is -0.351 e. The van der Waals surface area contributed by atoms with Crippen molar-refractivity contribution in [2.24, 2.45) is 5.84 Å². The summed E-state index contributed by atoms with van der Waals surface area (Å²) in [6.07, 6.45) is 0.890. The average Bonchev–Trinajstić information content (AvgIpc) is 2.26. The number of carbonyl (C=O) groups excluding carboxylic acids is 1. The Kier molecular flexibility index (Phi) is 3.81. The number of nitrogen functional groups attached to an aromatic ring is 1. The summed E-state index contributed by atoms with van der Waals surface area (Å²) in [6.45, 7) is 2.62. The molecule has 0 radical (unpaired) electrons. The molecule has 14 heavy (non-hydrogen) atoms. The maximum Gasteiger partial charge on any atom is 0.271 e. The van der Waals surface area contributed by atoms with E-state index in [9.17, 15) is 4.79 Å². The van der Waals surface area contributed by atoms with E-state index < -0.39 is 0 Å². The molecular formula is C8H13N5O. The third kappa shape index (κ3) is 2.67. The number of anilines is 1. The predicted molar refractivity (Wildman–Crippen MR) is 52.5 cm³/mol. The van der Waals surface area contributed by atoms with Crippen LogP contribution in [0.4, 0.5) is 5.82 Å². The topological polar surface area (TPSA) is 92.9 Å². The lowest BCUT2D eigenvalue weighted by Gasteiger charge is -2.02. The van der Waals surface area contributed by atoms with Crippen molar-refractivity contribution in [2.75, 3.05) is 12.0 Å². The van der Waals surface area contributed by atoms with Gasteiger partial charge in [0.2, 0.25) is 0 Å². The van der Waals surface area contributed by atoms with Crippen LogP contribution in [0.3, 0.4) is 0 Å². The number of rotatable bonds is 4. The summed E-state index contributed by atoms with van der Waals surface area (Å²) in [5.41, 5.74) is 2.62. The van der Waals surface area contributed by atoms with E-state index in [0.717, 1.165) is 6.42 Å². The molecule has 0 unspecified atom stereocenters. The summed E-state index contributed by atoms with van der Waals surface area (Å²) in [5.74, 6) is 5.31. The number of hydrogen-bond donors (Lipinski definition) is 3. The van der Waals surface area contributed by atoms with Gasteiger partial charge in [-0.2, -0.15) is 0 Å². The van der Waals surface area contributed by atoms with Crippen LogP contribution in [0.25, 0.3) is 0 Å². The highest BCUT2D eigenvalue weighted by Crippen LogP contribution is 1.99. The molecule has 6 heteroatoms. The van der Waals surface area contributed by atoms with Crippen LogP contribution in [-0.2, 0) is 0 Å². The second kappa shape index (κ2) is 5.13. The Balaban J connectivity index is 2.62. The molecule has 1 heterocycles. The molecule has 0 bridgehead atoms. The Bertz CT molecular complexity index is 297. The lowest BCUT2D eigenvalue weighted by Crippen LogP contribution is -2.25. The first kappa shape index (κ1) is 10.4. The molecule has 0 spiro atoms. The summed E-state index contributed by atoms with van der Waals surface area (Å²) in [5, 5.41) is 10.1. The largest absolute Gasteiger partial charge is 0.351 e. The van der Waals surface area contributed by atoms with E-state index >= 15 is 0 Å². The van der Waals surface area contributed by atoms with Crippen molar-refractivity contribution in [3.63, 3.8) is 0 Å². The van der Waals surface area contributed by atoms with E-state index in [2.05, 4.69) is 20.9 Å². The van der Waals surface area contributed by atoms with Gasteiger partial charge in [-0.3, -0.25) is 4.79 Å². The van der Waals surface area contributed by atoms with Crippen molar-refractivity contribution in [1.29, 1.82) is 0 Å². The summed E-state index contributed by atoms with van der Waals surface area (Å²) in [4.78, 5) is 11.3. The van der Waals surface area contributed by atoms with Crippen LogP contribution in [0, 0.1) is 0 Å². The van der Waals surface area contributed by atoms with Gasteiger partial charge >= 0.3 is 0 Å². The molecule has 0 saturated heterocycles. The van der Waals surface area contributed by atoms with Gasteiger partial charge in [-0.05, 0) is 18.6 Å². The smallest absolute Gasteiger partial charge is 0.271 e. The third-order valence-electron chi connectivity index (χ3n) is 1.58. The van der Waals surface area contributed by atoms with E-state index in [4.69, 9.17) is 5.84 Å². The van der Waals surface area contributed by atoms with Crippen molar-refractivity contribution >= 4 is 11.7 Å². The van der Waals surface area contributed by atoms with Gasteiger partial charge in [-0.1, -0.05) is 6.92 Å². The highest BCUT2D eigenvalue weighted by Gasteiger charge is 2.05. The van der Waals surface area contributed by atoms with Gasteiger partial charge in [-0.25, -0.2) is 5.84 Å². The summed E-state index contributed by atoms with van der Waals surface area (Å²) in [7, 11) is 0. The van der Waals surface area contributed by atoms with E-state index in [1.165, 1.54) is 0 Å².